The minimum absolute atomic E-state index is 0.0431. The van der Waals surface area contributed by atoms with Crippen LogP contribution in [0.15, 0.2) is 83.7 Å². The smallest absolute Gasteiger partial charge is 0.261 e. The van der Waals surface area contributed by atoms with Crippen molar-refractivity contribution in [2.75, 3.05) is 7.05 Å². The van der Waals surface area contributed by atoms with Crippen molar-refractivity contribution in [2.24, 2.45) is 7.05 Å². The van der Waals surface area contributed by atoms with E-state index in [9.17, 15) is 14.7 Å². The number of fused-ring (bicyclic) bond motifs is 1. The van der Waals surface area contributed by atoms with Gasteiger partial charge < -0.3 is 15.3 Å². The molecule has 3 aromatic carbocycles. The number of aliphatic hydroxyl groups is 1. The van der Waals surface area contributed by atoms with Crippen LogP contribution in [0.5, 0.6) is 0 Å². The number of rotatable bonds is 7. The molecule has 7 nitrogen and oxygen atoms in total. The summed E-state index contributed by atoms with van der Waals surface area (Å²) in [6.07, 6.45) is 2.24. The average Bonchev–Trinajstić information content (AvgIpc) is 3.40. The number of benzene rings is 3. The summed E-state index contributed by atoms with van der Waals surface area (Å²) in [5.74, 6) is 0.412. The van der Waals surface area contributed by atoms with Crippen molar-refractivity contribution < 1.29 is 9.90 Å². The van der Waals surface area contributed by atoms with Crippen molar-refractivity contribution in [2.45, 2.75) is 44.0 Å². The summed E-state index contributed by atoms with van der Waals surface area (Å²) < 4.78 is 1.51. The van der Waals surface area contributed by atoms with Crippen LogP contribution in [0.4, 0.5) is 0 Å². The molecule has 1 aromatic heterocycles. The summed E-state index contributed by atoms with van der Waals surface area (Å²) in [5.41, 5.74) is 3.18. The third-order valence-corrected chi connectivity index (χ3v) is 7.28. The van der Waals surface area contributed by atoms with Crippen molar-refractivity contribution in [3.05, 3.63) is 112 Å². The van der Waals surface area contributed by atoms with E-state index in [0.29, 0.717) is 22.3 Å². The molecule has 2 heterocycles. The monoisotopic (exact) mass is 496 g/mol. The molecule has 4 aromatic rings. The van der Waals surface area contributed by atoms with Gasteiger partial charge in [-0.15, -0.1) is 0 Å². The summed E-state index contributed by atoms with van der Waals surface area (Å²) in [4.78, 5) is 32.0. The molecule has 1 fully saturated rings. The SMILES string of the molecule is CN(Cc1nc2ccccc2c(=O)n1C)C(=O)c1ccc(CC2CCC(C(O)c3ccccc3)N2)cc1. The highest BCUT2D eigenvalue weighted by atomic mass is 16.3. The molecule has 3 unspecified atom stereocenters. The molecule has 1 aliphatic heterocycles. The van der Waals surface area contributed by atoms with Gasteiger partial charge in [-0.05, 0) is 54.7 Å². The van der Waals surface area contributed by atoms with E-state index in [1.807, 2.05) is 72.8 Å². The van der Waals surface area contributed by atoms with Crippen LogP contribution in [-0.2, 0) is 20.0 Å². The lowest BCUT2D eigenvalue weighted by Gasteiger charge is -2.21. The molecule has 0 saturated carbocycles. The number of hydrogen-bond donors (Lipinski definition) is 2. The standard InChI is InChI=1S/C30H32N4O3/c1-33(19-27-32-25-11-7-6-10-24(25)30(37)34(27)2)29(36)22-14-12-20(13-15-22)18-23-16-17-26(31-23)28(35)21-8-4-3-5-9-21/h3-15,23,26,28,31,35H,16-19H2,1-2H3. The van der Waals surface area contributed by atoms with Crippen LogP contribution in [0.25, 0.3) is 10.9 Å². The minimum Gasteiger partial charge on any atom is -0.387 e. The van der Waals surface area contributed by atoms with E-state index < -0.39 is 6.10 Å². The second-order valence-electron chi connectivity index (χ2n) is 9.87. The fourth-order valence-electron chi connectivity index (χ4n) is 5.12. The number of carbonyl (C=O) groups excluding carboxylic acids is 1. The Morgan fingerprint density at radius 3 is 2.51 bits per heavy atom. The minimum atomic E-state index is -0.515. The zero-order valence-corrected chi connectivity index (χ0v) is 21.2. The van der Waals surface area contributed by atoms with E-state index in [4.69, 9.17) is 0 Å². The van der Waals surface area contributed by atoms with Gasteiger partial charge in [0, 0.05) is 31.7 Å². The lowest BCUT2D eigenvalue weighted by Crippen LogP contribution is -2.35. The number of hydrogen-bond acceptors (Lipinski definition) is 5. The first-order valence-electron chi connectivity index (χ1n) is 12.7. The highest BCUT2D eigenvalue weighted by Gasteiger charge is 2.30. The molecular formula is C30H32N4O3. The number of aromatic nitrogens is 2. The van der Waals surface area contributed by atoms with Gasteiger partial charge in [0.2, 0.25) is 0 Å². The molecule has 37 heavy (non-hydrogen) atoms. The van der Waals surface area contributed by atoms with Crippen LogP contribution in [0.1, 0.15) is 46.3 Å². The lowest BCUT2D eigenvalue weighted by atomic mass is 10.0. The Balaban J connectivity index is 1.20. The van der Waals surface area contributed by atoms with Gasteiger partial charge in [-0.2, -0.15) is 0 Å². The Labute approximate surface area is 216 Å². The molecule has 1 saturated heterocycles. The number of nitrogens with zero attached hydrogens (tertiary/aromatic N) is 3. The second-order valence-corrected chi connectivity index (χ2v) is 9.87. The zero-order chi connectivity index (χ0) is 25.9. The van der Waals surface area contributed by atoms with Gasteiger partial charge in [0.15, 0.2) is 0 Å². The molecule has 0 spiro atoms. The molecule has 0 bridgehead atoms. The van der Waals surface area contributed by atoms with Gasteiger partial charge in [-0.25, -0.2) is 4.98 Å². The predicted molar refractivity (Wildman–Crippen MR) is 144 cm³/mol. The highest BCUT2D eigenvalue weighted by Crippen LogP contribution is 2.26. The number of carbonyl (C=O) groups is 1. The van der Waals surface area contributed by atoms with Crippen molar-refractivity contribution in [3.63, 3.8) is 0 Å². The van der Waals surface area contributed by atoms with Gasteiger partial charge in [-0.1, -0.05) is 54.6 Å². The summed E-state index contributed by atoms with van der Waals surface area (Å²) >= 11 is 0. The first-order valence-corrected chi connectivity index (χ1v) is 12.7. The Morgan fingerprint density at radius 2 is 1.76 bits per heavy atom. The van der Waals surface area contributed by atoms with Gasteiger partial charge in [0.1, 0.15) is 5.82 Å². The first-order chi connectivity index (χ1) is 17.9. The molecule has 0 radical (unpaired) electrons. The van der Waals surface area contributed by atoms with Crippen LogP contribution in [0, 0.1) is 0 Å². The second kappa shape index (κ2) is 10.7. The normalized spacial score (nSPS) is 18.1. The van der Waals surface area contributed by atoms with E-state index in [2.05, 4.69) is 10.3 Å². The van der Waals surface area contributed by atoms with Crippen molar-refractivity contribution in [1.82, 2.24) is 19.8 Å². The number of aliphatic hydroxyl groups excluding tert-OH is 1. The first kappa shape index (κ1) is 24.9. The summed E-state index contributed by atoms with van der Waals surface area (Å²) in [6, 6.07) is 25.0. The van der Waals surface area contributed by atoms with E-state index in [1.54, 1.807) is 25.1 Å². The van der Waals surface area contributed by atoms with E-state index in [0.717, 1.165) is 30.4 Å². The number of nitrogens with one attached hydrogen (secondary N) is 1. The third kappa shape index (κ3) is 5.33. The average molecular weight is 497 g/mol. The maximum Gasteiger partial charge on any atom is 0.261 e. The molecule has 0 aliphatic carbocycles. The summed E-state index contributed by atoms with van der Waals surface area (Å²) in [5, 5.41) is 14.9. The van der Waals surface area contributed by atoms with Crippen LogP contribution >= 0.6 is 0 Å². The van der Waals surface area contributed by atoms with Crippen molar-refractivity contribution >= 4 is 16.8 Å². The van der Waals surface area contributed by atoms with Gasteiger partial charge in [-0.3, -0.25) is 14.2 Å². The highest BCUT2D eigenvalue weighted by molar-refractivity contribution is 5.94. The van der Waals surface area contributed by atoms with Crippen molar-refractivity contribution in [1.29, 1.82) is 0 Å². The Morgan fingerprint density at radius 1 is 1.05 bits per heavy atom. The topological polar surface area (TPSA) is 87.5 Å². The third-order valence-electron chi connectivity index (χ3n) is 7.28. The van der Waals surface area contributed by atoms with Crippen LogP contribution in [0.3, 0.4) is 0 Å². The fourth-order valence-corrected chi connectivity index (χ4v) is 5.12. The van der Waals surface area contributed by atoms with E-state index in [1.165, 1.54) is 4.57 Å². The fraction of sp³-hybridized carbons (Fsp3) is 0.300. The zero-order valence-electron chi connectivity index (χ0n) is 21.2. The van der Waals surface area contributed by atoms with Crippen LogP contribution < -0.4 is 10.9 Å². The van der Waals surface area contributed by atoms with Gasteiger partial charge >= 0.3 is 0 Å². The Hall–Kier alpha value is -3.81. The molecule has 7 heteroatoms. The van der Waals surface area contributed by atoms with Crippen LogP contribution in [0.2, 0.25) is 0 Å². The van der Waals surface area contributed by atoms with E-state index >= 15 is 0 Å². The molecule has 3 atom stereocenters. The molecule has 5 rings (SSSR count). The number of para-hydroxylation sites is 1. The van der Waals surface area contributed by atoms with Gasteiger partial charge in [0.05, 0.1) is 23.6 Å². The molecule has 2 N–H and O–H groups in total. The Kier molecular flexibility index (Phi) is 7.17. The molecular weight excluding hydrogens is 464 g/mol. The van der Waals surface area contributed by atoms with Crippen molar-refractivity contribution in [3.8, 4) is 0 Å². The summed E-state index contributed by atoms with van der Waals surface area (Å²) in [6.45, 7) is 0.230. The Bertz CT molecular complexity index is 1450. The molecule has 1 aliphatic rings. The molecule has 1 amide bonds. The number of amides is 1. The largest absolute Gasteiger partial charge is 0.387 e. The quantitative estimate of drug-likeness (QED) is 0.408. The van der Waals surface area contributed by atoms with E-state index in [-0.39, 0.29) is 30.1 Å². The maximum atomic E-state index is 13.1. The molecule has 190 valence electrons. The predicted octanol–water partition coefficient (Wildman–Crippen LogP) is 3.60. The van der Waals surface area contributed by atoms with Crippen LogP contribution in [-0.4, -0.2) is 44.6 Å². The summed E-state index contributed by atoms with van der Waals surface area (Å²) in [7, 11) is 3.41. The van der Waals surface area contributed by atoms with Gasteiger partial charge in [0.25, 0.3) is 11.5 Å². The maximum absolute atomic E-state index is 13.1. The lowest BCUT2D eigenvalue weighted by molar-refractivity contribution is 0.0780.